The average Bonchev–Trinajstić information content (AvgIpc) is 2.89. The number of aromatic nitrogens is 1. The first-order valence-corrected chi connectivity index (χ1v) is 13.1. The average molecular weight is 576 g/mol. The van der Waals surface area contributed by atoms with Gasteiger partial charge < -0.3 is 29.8 Å². The number of hydrogen-bond acceptors (Lipinski definition) is 8. The van der Waals surface area contributed by atoms with Gasteiger partial charge in [0, 0.05) is 36.4 Å². The second-order valence-corrected chi connectivity index (χ2v) is 10.2. The Labute approximate surface area is 227 Å². The topological polar surface area (TPSA) is 136 Å². The minimum absolute atomic E-state index is 0.125. The molecule has 0 spiro atoms. The van der Waals surface area contributed by atoms with E-state index in [9.17, 15) is 21.9 Å². The number of halogens is 2. The van der Waals surface area contributed by atoms with Crippen LogP contribution < -0.4 is 25.7 Å². The molecule has 4 rings (SSSR count). The van der Waals surface area contributed by atoms with Gasteiger partial charge in [0.25, 0.3) is 5.56 Å². The Morgan fingerprint density at radius 3 is 2.54 bits per heavy atom. The summed E-state index contributed by atoms with van der Waals surface area (Å²) in [6, 6.07) is 15.5. The molecule has 0 saturated carbocycles. The van der Waals surface area contributed by atoms with E-state index in [1.54, 1.807) is 36.4 Å². The first-order chi connectivity index (χ1) is 18.5. The largest absolute Gasteiger partial charge is 0.494 e. The van der Waals surface area contributed by atoms with Crippen LogP contribution in [0.2, 0.25) is 5.02 Å². The summed E-state index contributed by atoms with van der Waals surface area (Å²) in [7, 11) is -1.83. The number of ether oxygens (including phenoxy) is 2. The molecule has 10 nitrogen and oxygen atoms in total. The first kappa shape index (κ1) is 27.7. The van der Waals surface area contributed by atoms with Gasteiger partial charge in [-0.2, -0.15) is 8.42 Å². The summed E-state index contributed by atoms with van der Waals surface area (Å²) >= 11 is 6.42. The maximum absolute atomic E-state index is 13.3. The lowest BCUT2D eigenvalue weighted by molar-refractivity contribution is -0.139. The SMILES string of the molecule is COc1cc(Nc2cc(NCc3cccc(S(=O)(=O)F)c3)ccc2Cl)cc2cc(OCC(=O)O)c(=O)n(C)c12. The Kier molecular flexibility index (Phi) is 7.98. The number of aliphatic carboxylic acids is 1. The van der Waals surface area contributed by atoms with Crippen LogP contribution in [0.15, 0.2) is 70.4 Å². The minimum atomic E-state index is -4.81. The number of carbonyl (C=O) groups is 1. The van der Waals surface area contributed by atoms with Crippen molar-refractivity contribution in [3.63, 3.8) is 0 Å². The van der Waals surface area contributed by atoms with Gasteiger partial charge in [0.05, 0.1) is 28.2 Å². The van der Waals surface area contributed by atoms with E-state index in [0.717, 1.165) is 0 Å². The summed E-state index contributed by atoms with van der Waals surface area (Å²) < 4.78 is 47.7. The van der Waals surface area contributed by atoms with Crippen LogP contribution in [0, 0.1) is 0 Å². The number of carboxylic acid groups (broad SMARTS) is 1. The summed E-state index contributed by atoms with van der Waals surface area (Å²) in [5.74, 6) is -0.957. The van der Waals surface area contributed by atoms with Crippen LogP contribution in [0.25, 0.3) is 10.9 Å². The maximum Gasteiger partial charge on any atom is 0.341 e. The number of nitrogens with one attached hydrogen (secondary N) is 2. The molecule has 0 fully saturated rings. The van der Waals surface area contributed by atoms with Crippen molar-refractivity contribution in [2.45, 2.75) is 11.4 Å². The second kappa shape index (κ2) is 11.2. The van der Waals surface area contributed by atoms with Crippen LogP contribution in [0.3, 0.4) is 0 Å². The molecular weight excluding hydrogens is 553 g/mol. The van der Waals surface area contributed by atoms with Gasteiger partial charge in [-0.05, 0) is 48.0 Å². The molecule has 1 aromatic heterocycles. The van der Waals surface area contributed by atoms with Crippen molar-refractivity contribution in [2.24, 2.45) is 7.05 Å². The molecule has 0 aliphatic heterocycles. The number of hydrogen-bond donors (Lipinski definition) is 3. The quantitative estimate of drug-likeness (QED) is 0.230. The summed E-state index contributed by atoms with van der Waals surface area (Å²) in [6.07, 6.45) is 0. The zero-order valence-corrected chi connectivity index (χ0v) is 22.3. The second-order valence-electron chi connectivity index (χ2n) is 8.43. The molecule has 3 aromatic carbocycles. The van der Waals surface area contributed by atoms with E-state index in [1.165, 1.54) is 43.0 Å². The van der Waals surface area contributed by atoms with Crippen molar-refractivity contribution in [2.75, 3.05) is 24.4 Å². The van der Waals surface area contributed by atoms with Crippen LogP contribution in [-0.2, 0) is 28.6 Å². The Morgan fingerprint density at radius 1 is 1.08 bits per heavy atom. The molecule has 0 amide bonds. The van der Waals surface area contributed by atoms with Crippen molar-refractivity contribution in [1.82, 2.24) is 4.57 Å². The molecular formula is C26H23ClFN3O7S. The standard InChI is InChI=1S/C26H23ClFN3O7S/c1-31-25-16(10-23(26(31)34)38-14-24(32)33)9-18(12-22(25)37-2)30-21-11-17(6-7-20(21)27)29-13-15-4-3-5-19(8-15)39(28,35)36/h3-12,29-30H,13-14H2,1-2H3,(H,32,33). The molecule has 0 unspecified atom stereocenters. The molecule has 0 saturated heterocycles. The highest BCUT2D eigenvalue weighted by Crippen LogP contribution is 2.34. The van der Waals surface area contributed by atoms with Gasteiger partial charge in [0.15, 0.2) is 12.4 Å². The Morgan fingerprint density at radius 2 is 1.85 bits per heavy atom. The number of fused-ring (bicyclic) bond motifs is 1. The molecule has 0 bridgehead atoms. The van der Waals surface area contributed by atoms with Gasteiger partial charge in [-0.3, -0.25) is 4.79 Å². The predicted octanol–water partition coefficient (Wildman–Crippen LogP) is 4.68. The maximum atomic E-state index is 13.3. The van der Waals surface area contributed by atoms with Crippen molar-refractivity contribution in [1.29, 1.82) is 0 Å². The van der Waals surface area contributed by atoms with Crippen LogP contribution in [-0.4, -0.2) is 37.8 Å². The molecule has 3 N–H and O–H groups in total. The van der Waals surface area contributed by atoms with Gasteiger partial charge in [0.1, 0.15) is 5.75 Å². The van der Waals surface area contributed by atoms with Gasteiger partial charge in [-0.15, -0.1) is 3.89 Å². The van der Waals surface area contributed by atoms with Gasteiger partial charge in [-0.25, -0.2) is 4.79 Å². The molecule has 4 aromatic rings. The lowest BCUT2D eigenvalue weighted by Crippen LogP contribution is -2.22. The number of rotatable bonds is 10. The molecule has 0 aliphatic rings. The van der Waals surface area contributed by atoms with E-state index in [4.69, 9.17) is 26.2 Å². The third-order valence-electron chi connectivity index (χ3n) is 5.73. The predicted molar refractivity (Wildman–Crippen MR) is 146 cm³/mol. The van der Waals surface area contributed by atoms with Gasteiger partial charge in [0.2, 0.25) is 0 Å². The van der Waals surface area contributed by atoms with Crippen LogP contribution in [0.4, 0.5) is 20.9 Å². The van der Waals surface area contributed by atoms with Crippen LogP contribution in [0.5, 0.6) is 11.5 Å². The molecule has 0 aliphatic carbocycles. The van der Waals surface area contributed by atoms with E-state index >= 15 is 0 Å². The zero-order valence-electron chi connectivity index (χ0n) is 20.7. The lowest BCUT2D eigenvalue weighted by Gasteiger charge is -2.16. The number of anilines is 3. The highest BCUT2D eigenvalue weighted by molar-refractivity contribution is 7.86. The Balaban J connectivity index is 1.63. The van der Waals surface area contributed by atoms with Crippen molar-refractivity contribution < 1.29 is 31.7 Å². The monoisotopic (exact) mass is 575 g/mol. The molecule has 13 heteroatoms. The molecule has 0 radical (unpaired) electrons. The normalized spacial score (nSPS) is 11.3. The Bertz CT molecular complexity index is 1740. The van der Waals surface area contributed by atoms with Crippen molar-refractivity contribution in [3.8, 4) is 11.5 Å². The van der Waals surface area contributed by atoms with E-state index in [-0.39, 0.29) is 12.3 Å². The third-order valence-corrected chi connectivity index (χ3v) is 6.88. The highest BCUT2D eigenvalue weighted by atomic mass is 35.5. The van der Waals surface area contributed by atoms with E-state index in [1.807, 2.05) is 0 Å². The fourth-order valence-corrected chi connectivity index (χ4v) is 4.63. The van der Waals surface area contributed by atoms with Crippen molar-refractivity contribution in [3.05, 3.63) is 81.6 Å². The summed E-state index contributed by atoms with van der Waals surface area (Å²) in [5.41, 5.74) is 2.25. The van der Waals surface area contributed by atoms with Crippen LogP contribution in [0.1, 0.15) is 5.56 Å². The number of carboxylic acids is 1. The fourth-order valence-electron chi connectivity index (χ4n) is 3.94. The van der Waals surface area contributed by atoms with Crippen molar-refractivity contribution >= 4 is 55.8 Å². The highest BCUT2D eigenvalue weighted by Gasteiger charge is 2.16. The molecule has 1 heterocycles. The number of nitrogens with zero attached hydrogens (tertiary/aromatic N) is 1. The first-order valence-electron chi connectivity index (χ1n) is 11.4. The number of benzene rings is 3. The van der Waals surface area contributed by atoms with E-state index in [0.29, 0.717) is 44.3 Å². The number of aryl methyl sites for hydroxylation is 1. The zero-order chi connectivity index (χ0) is 28.3. The summed E-state index contributed by atoms with van der Waals surface area (Å²) in [5, 5.41) is 16.2. The van der Waals surface area contributed by atoms with E-state index < -0.39 is 33.3 Å². The summed E-state index contributed by atoms with van der Waals surface area (Å²) in [4.78, 5) is 23.1. The molecule has 204 valence electrons. The fraction of sp³-hybridized carbons (Fsp3) is 0.154. The minimum Gasteiger partial charge on any atom is -0.494 e. The number of methoxy groups -OCH3 is 1. The number of pyridine rings is 1. The molecule has 0 atom stereocenters. The van der Waals surface area contributed by atoms with Gasteiger partial charge >= 0.3 is 16.2 Å². The third kappa shape index (κ3) is 6.41. The Hall–Kier alpha value is -4.29. The summed E-state index contributed by atoms with van der Waals surface area (Å²) in [6.45, 7) is -0.444. The van der Waals surface area contributed by atoms with Crippen LogP contribution >= 0.6 is 11.6 Å². The molecule has 39 heavy (non-hydrogen) atoms. The van der Waals surface area contributed by atoms with Gasteiger partial charge in [-0.1, -0.05) is 23.7 Å². The lowest BCUT2D eigenvalue weighted by atomic mass is 10.1. The smallest absolute Gasteiger partial charge is 0.341 e. The van der Waals surface area contributed by atoms with E-state index in [2.05, 4.69) is 10.6 Å².